The number of nitrogens with one attached hydrogen (secondary N) is 1. The third kappa shape index (κ3) is 3.60. The maximum atomic E-state index is 5.77. The zero-order chi connectivity index (χ0) is 13.9. The predicted octanol–water partition coefficient (Wildman–Crippen LogP) is 3.49. The number of alkyl halides is 1. The topological polar surface area (TPSA) is 42.2 Å². The van der Waals surface area contributed by atoms with Gasteiger partial charge in [-0.15, -0.1) is 11.6 Å². The first-order valence-electron chi connectivity index (χ1n) is 6.62. The van der Waals surface area contributed by atoms with Crippen LogP contribution in [0.2, 0.25) is 0 Å². The molecule has 0 saturated carbocycles. The Hall–Kier alpha value is -1.29. The number of halogens is 1. The van der Waals surface area contributed by atoms with Crippen LogP contribution in [0.25, 0.3) is 5.65 Å². The molecule has 2 rings (SSSR count). The molecule has 104 valence electrons. The summed E-state index contributed by atoms with van der Waals surface area (Å²) in [7, 11) is 0. The molecule has 4 nitrogen and oxygen atoms in total. The van der Waals surface area contributed by atoms with Gasteiger partial charge >= 0.3 is 0 Å². The Bertz CT molecular complexity index is 547. The van der Waals surface area contributed by atoms with E-state index in [0.717, 1.165) is 36.7 Å². The molecule has 0 fully saturated rings. The first-order valence-corrected chi connectivity index (χ1v) is 7.15. The molecule has 0 unspecified atom stereocenters. The van der Waals surface area contributed by atoms with Crippen LogP contribution in [0.4, 0.5) is 5.82 Å². The summed E-state index contributed by atoms with van der Waals surface area (Å²) in [5, 5.41) is 7.73. The number of hydrogen-bond donors (Lipinski definition) is 1. The summed E-state index contributed by atoms with van der Waals surface area (Å²) in [5.41, 5.74) is 2.27. The van der Waals surface area contributed by atoms with Crippen molar-refractivity contribution in [3.8, 4) is 0 Å². The van der Waals surface area contributed by atoms with Crippen molar-refractivity contribution in [1.82, 2.24) is 14.6 Å². The summed E-state index contributed by atoms with van der Waals surface area (Å²) in [5.74, 6) is 1.72. The van der Waals surface area contributed by atoms with Gasteiger partial charge in [-0.25, -0.2) is 4.98 Å². The molecule has 0 aromatic carbocycles. The van der Waals surface area contributed by atoms with Crippen molar-refractivity contribution in [2.24, 2.45) is 5.41 Å². The van der Waals surface area contributed by atoms with Gasteiger partial charge in [0.1, 0.15) is 12.1 Å². The van der Waals surface area contributed by atoms with E-state index in [9.17, 15) is 0 Å². The summed E-state index contributed by atoms with van der Waals surface area (Å²) >= 11 is 5.77. The lowest BCUT2D eigenvalue weighted by atomic mass is 9.88. The van der Waals surface area contributed by atoms with Gasteiger partial charge < -0.3 is 5.32 Å². The largest absolute Gasteiger partial charge is 0.369 e. The van der Waals surface area contributed by atoms with Gasteiger partial charge in [0.05, 0.1) is 0 Å². The molecular formula is C14H21ClN4. The Morgan fingerprint density at radius 2 is 2.16 bits per heavy atom. The Balaban J connectivity index is 2.11. The second-order valence-electron chi connectivity index (χ2n) is 5.76. The highest BCUT2D eigenvalue weighted by Crippen LogP contribution is 2.24. The highest BCUT2D eigenvalue weighted by Gasteiger charge is 2.17. The summed E-state index contributed by atoms with van der Waals surface area (Å²) in [6.45, 7) is 7.46. The average molecular weight is 281 g/mol. The predicted molar refractivity (Wildman–Crippen MR) is 79.9 cm³/mol. The van der Waals surface area contributed by atoms with E-state index in [0.29, 0.717) is 0 Å². The molecular weight excluding hydrogens is 260 g/mol. The van der Waals surface area contributed by atoms with Crippen molar-refractivity contribution < 1.29 is 0 Å². The standard InChI is InChI=1S/C14H21ClN4/c1-11-7-12(19-13(8-11)17-10-18-19)16-9-14(2,3)5-4-6-15/h7-8,10,16H,4-6,9H2,1-3H3. The number of aromatic nitrogens is 3. The van der Waals surface area contributed by atoms with Crippen LogP contribution in [0.3, 0.4) is 0 Å². The van der Waals surface area contributed by atoms with Crippen LogP contribution in [-0.2, 0) is 0 Å². The minimum absolute atomic E-state index is 0.214. The number of rotatable bonds is 6. The number of aryl methyl sites for hydroxylation is 1. The summed E-state index contributed by atoms with van der Waals surface area (Å²) in [6.07, 6.45) is 3.73. The van der Waals surface area contributed by atoms with Gasteiger partial charge in [0.25, 0.3) is 0 Å². The minimum Gasteiger partial charge on any atom is -0.369 e. The average Bonchev–Trinajstić information content (AvgIpc) is 2.81. The Morgan fingerprint density at radius 3 is 2.89 bits per heavy atom. The number of nitrogens with zero attached hydrogens (tertiary/aromatic N) is 3. The third-order valence-corrected chi connectivity index (χ3v) is 3.53. The Kier molecular flexibility index (Phi) is 4.30. The molecule has 2 aromatic heterocycles. The molecule has 0 aliphatic carbocycles. The fourth-order valence-corrected chi connectivity index (χ4v) is 2.28. The van der Waals surface area contributed by atoms with Crippen molar-refractivity contribution >= 4 is 23.1 Å². The van der Waals surface area contributed by atoms with Crippen molar-refractivity contribution in [2.45, 2.75) is 33.6 Å². The molecule has 0 saturated heterocycles. The van der Waals surface area contributed by atoms with Crippen molar-refractivity contribution in [2.75, 3.05) is 17.7 Å². The lowest BCUT2D eigenvalue weighted by Gasteiger charge is -2.25. The smallest absolute Gasteiger partial charge is 0.157 e. The highest BCUT2D eigenvalue weighted by molar-refractivity contribution is 6.17. The van der Waals surface area contributed by atoms with Gasteiger partial charge in [-0.3, -0.25) is 0 Å². The van der Waals surface area contributed by atoms with Gasteiger partial charge in [-0.1, -0.05) is 13.8 Å². The van der Waals surface area contributed by atoms with Crippen LogP contribution in [0.1, 0.15) is 32.3 Å². The summed E-state index contributed by atoms with van der Waals surface area (Å²) in [6, 6.07) is 4.12. The van der Waals surface area contributed by atoms with E-state index in [1.54, 1.807) is 6.33 Å². The zero-order valence-electron chi connectivity index (χ0n) is 11.8. The number of hydrogen-bond acceptors (Lipinski definition) is 3. The Morgan fingerprint density at radius 1 is 1.37 bits per heavy atom. The van der Waals surface area contributed by atoms with Gasteiger partial charge in [0.15, 0.2) is 5.65 Å². The summed E-state index contributed by atoms with van der Waals surface area (Å²) < 4.78 is 1.84. The van der Waals surface area contributed by atoms with E-state index >= 15 is 0 Å². The molecule has 0 bridgehead atoms. The highest BCUT2D eigenvalue weighted by atomic mass is 35.5. The fourth-order valence-electron chi connectivity index (χ4n) is 2.15. The maximum absolute atomic E-state index is 5.77. The van der Waals surface area contributed by atoms with Gasteiger partial charge in [-0.2, -0.15) is 9.61 Å². The molecule has 0 amide bonds. The monoisotopic (exact) mass is 280 g/mol. The maximum Gasteiger partial charge on any atom is 0.157 e. The number of anilines is 1. The van der Waals surface area contributed by atoms with Crippen LogP contribution >= 0.6 is 11.6 Å². The van der Waals surface area contributed by atoms with Gasteiger partial charge in [0, 0.05) is 12.4 Å². The van der Waals surface area contributed by atoms with E-state index in [1.807, 2.05) is 10.6 Å². The van der Waals surface area contributed by atoms with E-state index in [1.165, 1.54) is 5.56 Å². The number of pyridine rings is 1. The second kappa shape index (κ2) is 5.78. The molecule has 2 heterocycles. The van der Waals surface area contributed by atoms with Crippen molar-refractivity contribution in [3.63, 3.8) is 0 Å². The van der Waals surface area contributed by atoms with Crippen LogP contribution in [0.5, 0.6) is 0 Å². The third-order valence-electron chi connectivity index (χ3n) is 3.26. The molecule has 19 heavy (non-hydrogen) atoms. The van der Waals surface area contributed by atoms with E-state index in [4.69, 9.17) is 11.6 Å². The first-order chi connectivity index (χ1) is 9.02. The van der Waals surface area contributed by atoms with Gasteiger partial charge in [-0.05, 0) is 42.9 Å². The SMILES string of the molecule is Cc1cc(NCC(C)(C)CCCCl)n2ncnc2c1. The van der Waals surface area contributed by atoms with E-state index < -0.39 is 0 Å². The zero-order valence-corrected chi connectivity index (χ0v) is 12.5. The molecule has 5 heteroatoms. The van der Waals surface area contributed by atoms with Crippen molar-refractivity contribution in [3.05, 3.63) is 24.0 Å². The van der Waals surface area contributed by atoms with Crippen LogP contribution in [-0.4, -0.2) is 27.0 Å². The molecule has 0 aliphatic rings. The first kappa shape index (κ1) is 14.1. The number of fused-ring (bicyclic) bond motifs is 1. The molecule has 0 atom stereocenters. The normalized spacial score (nSPS) is 12.0. The lowest BCUT2D eigenvalue weighted by Crippen LogP contribution is -2.24. The van der Waals surface area contributed by atoms with Crippen LogP contribution in [0, 0.1) is 12.3 Å². The van der Waals surface area contributed by atoms with E-state index in [-0.39, 0.29) is 5.41 Å². The molecule has 0 radical (unpaired) electrons. The summed E-state index contributed by atoms with van der Waals surface area (Å²) in [4.78, 5) is 4.23. The molecule has 1 N–H and O–H groups in total. The Labute approximate surface area is 119 Å². The second-order valence-corrected chi connectivity index (χ2v) is 6.14. The molecule has 0 spiro atoms. The fraction of sp³-hybridized carbons (Fsp3) is 0.571. The molecule has 0 aliphatic heterocycles. The minimum atomic E-state index is 0.214. The van der Waals surface area contributed by atoms with Gasteiger partial charge in [0.2, 0.25) is 0 Å². The quantitative estimate of drug-likeness (QED) is 0.824. The van der Waals surface area contributed by atoms with Crippen LogP contribution < -0.4 is 5.32 Å². The van der Waals surface area contributed by atoms with Crippen molar-refractivity contribution in [1.29, 1.82) is 0 Å². The lowest BCUT2D eigenvalue weighted by molar-refractivity contribution is 0.355. The van der Waals surface area contributed by atoms with Crippen LogP contribution in [0.15, 0.2) is 18.5 Å². The molecule has 2 aromatic rings. The van der Waals surface area contributed by atoms with E-state index in [2.05, 4.69) is 42.2 Å².